The summed E-state index contributed by atoms with van der Waals surface area (Å²) in [7, 11) is 2.14. The SMILES string of the molecule is CCN(C)CCNC1=CCCCC(SOC(C)(C)C(C)(C)O)/C=C\1. The molecular formula is C19H36N2O2S. The van der Waals surface area contributed by atoms with Crippen LogP contribution in [0.3, 0.4) is 0 Å². The Labute approximate surface area is 152 Å². The maximum atomic E-state index is 10.2. The van der Waals surface area contributed by atoms with Crippen molar-refractivity contribution >= 4 is 12.0 Å². The second-order valence-corrected chi connectivity index (χ2v) is 8.52. The molecule has 0 amide bonds. The predicted octanol–water partition coefficient (Wildman–Crippen LogP) is 3.73. The van der Waals surface area contributed by atoms with Crippen molar-refractivity contribution in [1.82, 2.24) is 10.2 Å². The first-order valence-corrected chi connectivity index (χ1v) is 9.84. The molecule has 0 heterocycles. The predicted molar refractivity (Wildman–Crippen MR) is 105 cm³/mol. The first-order chi connectivity index (χ1) is 11.2. The molecule has 0 aliphatic heterocycles. The van der Waals surface area contributed by atoms with Crippen molar-refractivity contribution in [2.24, 2.45) is 0 Å². The lowest BCUT2D eigenvalue weighted by molar-refractivity contribution is -0.0815. The van der Waals surface area contributed by atoms with Gasteiger partial charge in [0.15, 0.2) is 0 Å². The Morgan fingerprint density at radius 3 is 2.71 bits per heavy atom. The quantitative estimate of drug-likeness (QED) is 0.616. The standard InChI is InChI=1S/C19H36N2O2S/c1-7-21(6)15-14-20-16-10-8-9-11-17(13-12-16)24-23-19(4,5)18(2,3)22/h10,12-13,17,20,22H,7-9,11,14-15H2,1-6H3/b13-12-,16-10?. The van der Waals surface area contributed by atoms with E-state index in [0.29, 0.717) is 5.25 Å². The van der Waals surface area contributed by atoms with E-state index in [-0.39, 0.29) is 0 Å². The average Bonchev–Trinajstić information content (AvgIpc) is 2.47. The molecule has 1 aliphatic carbocycles. The monoisotopic (exact) mass is 356 g/mol. The van der Waals surface area contributed by atoms with Crippen molar-refractivity contribution in [3.8, 4) is 0 Å². The van der Waals surface area contributed by atoms with Crippen LogP contribution in [0, 0.1) is 0 Å². The molecule has 0 aromatic carbocycles. The molecule has 0 aromatic heterocycles. The lowest BCUT2D eigenvalue weighted by Gasteiger charge is -2.36. The number of hydrogen-bond donors (Lipinski definition) is 2. The third-order valence-corrected chi connectivity index (χ3v) is 5.92. The highest BCUT2D eigenvalue weighted by Gasteiger charge is 2.37. The third kappa shape index (κ3) is 7.60. The van der Waals surface area contributed by atoms with Gasteiger partial charge in [-0.1, -0.05) is 19.1 Å². The highest BCUT2D eigenvalue weighted by molar-refractivity contribution is 7.95. The van der Waals surface area contributed by atoms with Crippen LogP contribution in [0.2, 0.25) is 0 Å². The average molecular weight is 357 g/mol. The Kier molecular flexibility index (Phi) is 8.85. The van der Waals surface area contributed by atoms with Gasteiger partial charge in [-0.25, -0.2) is 0 Å². The number of nitrogens with one attached hydrogen (secondary N) is 1. The fourth-order valence-corrected chi connectivity index (χ4v) is 2.97. The number of hydrogen-bond acceptors (Lipinski definition) is 5. The Morgan fingerprint density at radius 1 is 1.38 bits per heavy atom. The van der Waals surface area contributed by atoms with E-state index in [1.807, 2.05) is 13.8 Å². The smallest absolute Gasteiger partial charge is 0.105 e. The van der Waals surface area contributed by atoms with Gasteiger partial charge in [-0.15, -0.1) is 0 Å². The van der Waals surface area contributed by atoms with Gasteiger partial charge < -0.3 is 19.5 Å². The van der Waals surface area contributed by atoms with Crippen molar-refractivity contribution in [2.75, 3.05) is 26.7 Å². The van der Waals surface area contributed by atoms with Gasteiger partial charge in [-0.3, -0.25) is 0 Å². The van der Waals surface area contributed by atoms with E-state index in [1.165, 1.54) is 17.7 Å². The van der Waals surface area contributed by atoms with E-state index in [1.54, 1.807) is 13.8 Å². The molecule has 0 bridgehead atoms. The van der Waals surface area contributed by atoms with E-state index in [0.717, 1.165) is 38.9 Å². The number of likely N-dealkylation sites (N-methyl/N-ethyl adjacent to an activating group) is 1. The van der Waals surface area contributed by atoms with Crippen LogP contribution in [0.1, 0.15) is 53.9 Å². The number of aliphatic hydroxyl groups is 1. The van der Waals surface area contributed by atoms with Gasteiger partial charge in [0.1, 0.15) is 5.60 Å². The van der Waals surface area contributed by atoms with Crippen LogP contribution in [0.25, 0.3) is 0 Å². The summed E-state index contributed by atoms with van der Waals surface area (Å²) in [5.41, 5.74) is -0.259. The first kappa shape index (κ1) is 21.6. The van der Waals surface area contributed by atoms with Crippen molar-refractivity contribution in [2.45, 2.75) is 70.3 Å². The van der Waals surface area contributed by atoms with Gasteiger partial charge in [0.2, 0.25) is 0 Å². The molecular weight excluding hydrogens is 320 g/mol. The summed E-state index contributed by atoms with van der Waals surface area (Å²) >= 11 is 1.48. The van der Waals surface area contributed by atoms with Crippen molar-refractivity contribution in [1.29, 1.82) is 0 Å². The second kappa shape index (κ2) is 9.85. The zero-order valence-corrected chi connectivity index (χ0v) is 17.1. The maximum Gasteiger partial charge on any atom is 0.105 e. The maximum absolute atomic E-state index is 10.2. The lowest BCUT2D eigenvalue weighted by Crippen LogP contribution is -2.46. The van der Waals surface area contributed by atoms with Crippen LogP contribution in [-0.2, 0) is 4.18 Å². The fraction of sp³-hybridized carbons (Fsp3) is 0.789. The summed E-state index contributed by atoms with van der Waals surface area (Å²) in [6, 6.07) is 0. The molecule has 1 rings (SSSR count). The van der Waals surface area contributed by atoms with Crippen molar-refractivity contribution in [3.05, 3.63) is 23.9 Å². The zero-order chi connectivity index (χ0) is 18.2. The van der Waals surface area contributed by atoms with Gasteiger partial charge in [0.25, 0.3) is 0 Å². The Bertz CT molecular complexity index is 428. The molecule has 5 heteroatoms. The molecule has 0 radical (unpaired) electrons. The normalized spacial score (nSPS) is 21.2. The molecule has 0 saturated carbocycles. The first-order valence-electron chi connectivity index (χ1n) is 9.03. The summed E-state index contributed by atoms with van der Waals surface area (Å²) < 4.78 is 5.96. The van der Waals surface area contributed by atoms with Crippen LogP contribution in [0.4, 0.5) is 0 Å². The molecule has 0 aromatic rings. The Hall–Kier alpha value is -0.490. The van der Waals surface area contributed by atoms with Crippen LogP contribution in [0.15, 0.2) is 23.9 Å². The van der Waals surface area contributed by atoms with E-state index in [9.17, 15) is 5.11 Å². The molecule has 0 fully saturated rings. The highest BCUT2D eigenvalue weighted by Crippen LogP contribution is 2.33. The van der Waals surface area contributed by atoms with E-state index in [2.05, 4.69) is 42.4 Å². The van der Waals surface area contributed by atoms with Crippen LogP contribution in [-0.4, -0.2) is 53.1 Å². The number of allylic oxidation sites excluding steroid dienone is 2. The van der Waals surface area contributed by atoms with Gasteiger partial charge in [0, 0.05) is 24.0 Å². The molecule has 1 atom stereocenters. The zero-order valence-electron chi connectivity index (χ0n) is 16.3. The third-order valence-electron chi connectivity index (χ3n) is 4.76. The van der Waals surface area contributed by atoms with Gasteiger partial charge >= 0.3 is 0 Å². The molecule has 1 unspecified atom stereocenters. The molecule has 4 nitrogen and oxygen atoms in total. The van der Waals surface area contributed by atoms with Crippen LogP contribution >= 0.6 is 12.0 Å². The minimum absolute atomic E-state index is 0.315. The summed E-state index contributed by atoms with van der Waals surface area (Å²) in [6.07, 6.45) is 9.99. The summed E-state index contributed by atoms with van der Waals surface area (Å²) in [5.74, 6) is 0. The number of rotatable bonds is 9. The van der Waals surface area contributed by atoms with Crippen molar-refractivity contribution in [3.63, 3.8) is 0 Å². The van der Waals surface area contributed by atoms with Crippen LogP contribution in [0.5, 0.6) is 0 Å². The van der Waals surface area contributed by atoms with E-state index < -0.39 is 11.2 Å². The Morgan fingerprint density at radius 2 is 2.08 bits per heavy atom. The second-order valence-electron chi connectivity index (χ2n) is 7.56. The molecule has 0 spiro atoms. The summed E-state index contributed by atoms with van der Waals surface area (Å²) in [5, 5.41) is 14.0. The molecule has 1 aliphatic rings. The van der Waals surface area contributed by atoms with Crippen LogP contribution < -0.4 is 5.32 Å². The lowest BCUT2D eigenvalue weighted by atomic mass is 9.90. The minimum atomic E-state index is -0.872. The molecule has 0 saturated heterocycles. The highest BCUT2D eigenvalue weighted by atomic mass is 32.2. The number of nitrogens with zero attached hydrogens (tertiary/aromatic N) is 1. The van der Waals surface area contributed by atoms with Gasteiger partial charge in [-0.2, -0.15) is 0 Å². The molecule has 140 valence electrons. The van der Waals surface area contributed by atoms with E-state index >= 15 is 0 Å². The summed E-state index contributed by atoms with van der Waals surface area (Å²) in [4.78, 5) is 2.30. The largest absolute Gasteiger partial charge is 0.387 e. The van der Waals surface area contributed by atoms with E-state index in [4.69, 9.17) is 4.18 Å². The minimum Gasteiger partial charge on any atom is -0.387 e. The van der Waals surface area contributed by atoms with Gasteiger partial charge in [0.05, 0.1) is 5.60 Å². The fourth-order valence-electron chi connectivity index (χ4n) is 2.00. The topological polar surface area (TPSA) is 44.7 Å². The molecule has 24 heavy (non-hydrogen) atoms. The summed E-state index contributed by atoms with van der Waals surface area (Å²) in [6.45, 7) is 12.7. The Balaban J connectivity index is 2.50. The molecule has 2 N–H and O–H groups in total. The van der Waals surface area contributed by atoms with Crippen molar-refractivity contribution < 1.29 is 9.29 Å². The van der Waals surface area contributed by atoms with Gasteiger partial charge in [-0.05, 0) is 78.7 Å².